The third-order valence-electron chi connectivity index (χ3n) is 6.98. The summed E-state index contributed by atoms with van der Waals surface area (Å²) in [7, 11) is 1.41. The van der Waals surface area contributed by atoms with Crippen molar-refractivity contribution < 1.29 is 23.5 Å². The minimum absolute atomic E-state index is 0.0911. The van der Waals surface area contributed by atoms with E-state index in [-0.39, 0.29) is 63.9 Å². The predicted octanol–water partition coefficient (Wildman–Crippen LogP) is 4.27. The molecule has 0 radical (unpaired) electrons. The minimum atomic E-state index is -0.840. The number of H-pyrrole nitrogens is 1. The van der Waals surface area contributed by atoms with Gasteiger partial charge in [-0.3, -0.25) is 14.4 Å². The predicted molar refractivity (Wildman–Crippen MR) is 132 cm³/mol. The number of nitriles is 1. The summed E-state index contributed by atoms with van der Waals surface area (Å²) in [6.45, 7) is 3.84. The highest BCUT2D eigenvalue weighted by molar-refractivity contribution is 6.33. The Hall–Kier alpha value is -3.12. The van der Waals surface area contributed by atoms with Crippen LogP contribution >= 0.6 is 11.6 Å². The molecule has 4 rings (SSSR count). The van der Waals surface area contributed by atoms with E-state index < -0.39 is 17.8 Å². The number of Topliss-reactive ketones (excluding diaryl/α,β-unsaturated/α-hetero) is 1. The number of carbonyl (C=O) groups is 3. The highest BCUT2D eigenvalue weighted by Crippen LogP contribution is 2.38. The minimum Gasteiger partial charge on any atom is -0.494 e. The van der Waals surface area contributed by atoms with E-state index >= 15 is 0 Å². The van der Waals surface area contributed by atoms with E-state index in [4.69, 9.17) is 16.3 Å². The normalized spacial score (nSPS) is 20.4. The van der Waals surface area contributed by atoms with Gasteiger partial charge in [0.1, 0.15) is 17.6 Å². The molecule has 1 aliphatic heterocycles. The van der Waals surface area contributed by atoms with Gasteiger partial charge in [-0.25, -0.2) is 4.39 Å². The Morgan fingerprint density at radius 1 is 1.33 bits per heavy atom. The van der Waals surface area contributed by atoms with Crippen LogP contribution in [0.5, 0.6) is 5.75 Å². The van der Waals surface area contributed by atoms with Gasteiger partial charge in [0.25, 0.3) is 0 Å². The maximum absolute atomic E-state index is 14.4. The van der Waals surface area contributed by atoms with E-state index in [1.54, 1.807) is 0 Å². The van der Waals surface area contributed by atoms with E-state index in [1.165, 1.54) is 13.2 Å². The number of nitrogens with one attached hydrogen (secondary N) is 3. The van der Waals surface area contributed by atoms with E-state index in [9.17, 15) is 24.0 Å². The molecule has 10 heteroatoms. The van der Waals surface area contributed by atoms with Gasteiger partial charge in [0.15, 0.2) is 5.78 Å². The van der Waals surface area contributed by atoms with Gasteiger partial charge < -0.3 is 20.4 Å². The fourth-order valence-electron chi connectivity index (χ4n) is 5.03. The second-order valence-corrected chi connectivity index (χ2v) is 11.0. The summed E-state index contributed by atoms with van der Waals surface area (Å²) in [5, 5.41) is 15.7. The lowest BCUT2D eigenvalue weighted by Gasteiger charge is -2.20. The lowest BCUT2D eigenvalue weighted by Crippen LogP contribution is -2.40. The monoisotopic (exact) mass is 516 g/mol. The topological polar surface area (TPSA) is 124 Å². The van der Waals surface area contributed by atoms with Crippen molar-refractivity contribution in [3.8, 4) is 11.8 Å². The number of fused-ring (bicyclic) bond motifs is 1. The number of hydrogen-bond donors (Lipinski definition) is 3. The second-order valence-electron chi connectivity index (χ2n) is 10.5. The molecule has 1 aliphatic carbocycles. The molecular weight excluding hydrogens is 487 g/mol. The second kappa shape index (κ2) is 10.1. The average Bonchev–Trinajstić information content (AvgIpc) is 3.43. The van der Waals surface area contributed by atoms with Crippen LogP contribution in [0.25, 0.3) is 10.9 Å². The highest BCUT2D eigenvalue weighted by Gasteiger charge is 2.39. The highest BCUT2D eigenvalue weighted by atomic mass is 35.5. The summed E-state index contributed by atoms with van der Waals surface area (Å²) in [6, 6.07) is 3.85. The first-order valence-corrected chi connectivity index (χ1v) is 12.5. The Morgan fingerprint density at radius 3 is 2.64 bits per heavy atom. The number of rotatable bonds is 10. The van der Waals surface area contributed by atoms with Crippen LogP contribution in [0, 0.1) is 34.9 Å². The van der Waals surface area contributed by atoms with Crippen molar-refractivity contribution in [1.29, 1.82) is 5.26 Å². The van der Waals surface area contributed by atoms with E-state index in [0.717, 1.165) is 18.9 Å². The maximum Gasteiger partial charge on any atom is 0.224 e. The van der Waals surface area contributed by atoms with Crippen molar-refractivity contribution >= 4 is 40.1 Å². The molecule has 3 atom stereocenters. The van der Waals surface area contributed by atoms with Gasteiger partial charge in [0, 0.05) is 29.2 Å². The largest absolute Gasteiger partial charge is 0.494 e. The fourth-order valence-corrected chi connectivity index (χ4v) is 5.31. The Labute approximate surface area is 213 Å². The molecule has 2 amide bonds. The first-order chi connectivity index (χ1) is 17.0. The van der Waals surface area contributed by atoms with Crippen molar-refractivity contribution in [2.75, 3.05) is 7.11 Å². The number of aromatic amines is 1. The van der Waals surface area contributed by atoms with E-state index in [1.807, 2.05) is 13.8 Å². The molecule has 0 unspecified atom stereocenters. The number of halogens is 2. The molecule has 2 aromatic rings. The number of aromatic nitrogens is 1. The molecule has 2 fully saturated rings. The standard InChI is InChI=1S/C26H30ClFN4O4/c1-26(2)11-15(25(35)32-26)7-16(12-29)30-24(34)14(6-13-4-5-13)8-21(33)20-9-17-22(31-20)19(28)10-18(27)23(17)36-3/h9-10,13-16,31H,4-8,11H2,1-3H3,(H,30,34)(H,32,35)/t14-,15-,16+/m1/s1. The van der Waals surface area contributed by atoms with Gasteiger partial charge in [0.2, 0.25) is 11.8 Å². The van der Waals surface area contributed by atoms with Gasteiger partial charge in [-0.05, 0) is 51.2 Å². The Balaban J connectivity index is 1.48. The Kier molecular flexibility index (Phi) is 7.28. The van der Waals surface area contributed by atoms with Crippen LogP contribution in [0.2, 0.25) is 5.02 Å². The number of ether oxygens (including phenoxy) is 1. The van der Waals surface area contributed by atoms with E-state index in [2.05, 4.69) is 21.7 Å². The maximum atomic E-state index is 14.4. The van der Waals surface area contributed by atoms with Gasteiger partial charge in [-0.1, -0.05) is 24.4 Å². The summed E-state index contributed by atoms with van der Waals surface area (Å²) in [5.74, 6) is -1.87. The van der Waals surface area contributed by atoms with Gasteiger partial charge in [0.05, 0.1) is 29.4 Å². The number of carbonyl (C=O) groups excluding carboxylic acids is 3. The van der Waals surface area contributed by atoms with Crippen molar-refractivity contribution in [3.05, 3.63) is 28.7 Å². The zero-order valence-corrected chi connectivity index (χ0v) is 21.3. The first kappa shape index (κ1) is 26.0. The van der Waals surface area contributed by atoms with Gasteiger partial charge >= 0.3 is 0 Å². The quantitative estimate of drug-likeness (QED) is 0.407. The summed E-state index contributed by atoms with van der Waals surface area (Å²) in [5.41, 5.74) is -0.0941. The lowest BCUT2D eigenvalue weighted by atomic mass is 9.90. The van der Waals surface area contributed by atoms with Crippen molar-refractivity contribution in [2.45, 2.75) is 64.0 Å². The molecule has 0 spiro atoms. The van der Waals surface area contributed by atoms with Crippen LogP contribution in [0.3, 0.4) is 0 Å². The number of benzene rings is 1. The molecule has 1 saturated carbocycles. The van der Waals surface area contributed by atoms with Crippen molar-refractivity contribution in [2.24, 2.45) is 17.8 Å². The molecule has 8 nitrogen and oxygen atoms in total. The zero-order chi connectivity index (χ0) is 26.2. The molecule has 2 heterocycles. The van der Waals surface area contributed by atoms with Crippen LogP contribution in [-0.2, 0) is 9.59 Å². The van der Waals surface area contributed by atoms with Crippen LogP contribution in [-0.4, -0.2) is 41.3 Å². The molecule has 1 aromatic heterocycles. The summed E-state index contributed by atoms with van der Waals surface area (Å²) in [4.78, 5) is 41.4. The first-order valence-electron chi connectivity index (χ1n) is 12.1. The van der Waals surface area contributed by atoms with Crippen LogP contribution < -0.4 is 15.4 Å². The molecule has 0 bridgehead atoms. The van der Waals surface area contributed by atoms with Crippen LogP contribution in [0.4, 0.5) is 4.39 Å². The van der Waals surface area contributed by atoms with Crippen molar-refractivity contribution in [3.63, 3.8) is 0 Å². The number of amides is 2. The summed E-state index contributed by atoms with van der Waals surface area (Å²) >= 11 is 6.07. The number of ketones is 1. The number of methoxy groups -OCH3 is 1. The lowest BCUT2D eigenvalue weighted by molar-refractivity contribution is -0.127. The zero-order valence-electron chi connectivity index (χ0n) is 20.5. The third-order valence-corrected chi connectivity index (χ3v) is 7.26. The molecule has 192 valence electrons. The van der Waals surface area contributed by atoms with Crippen molar-refractivity contribution in [1.82, 2.24) is 15.6 Å². The van der Waals surface area contributed by atoms with Crippen LogP contribution in [0.15, 0.2) is 12.1 Å². The van der Waals surface area contributed by atoms with Gasteiger partial charge in [-0.2, -0.15) is 5.26 Å². The Morgan fingerprint density at radius 2 is 2.06 bits per heavy atom. The third kappa shape index (κ3) is 5.65. The summed E-state index contributed by atoms with van der Waals surface area (Å²) < 4.78 is 19.7. The molecule has 1 aromatic carbocycles. The molecule has 36 heavy (non-hydrogen) atoms. The smallest absolute Gasteiger partial charge is 0.224 e. The van der Waals surface area contributed by atoms with Crippen LogP contribution in [0.1, 0.15) is 62.9 Å². The number of nitrogens with zero attached hydrogens (tertiary/aromatic N) is 1. The molecule has 3 N–H and O–H groups in total. The fraction of sp³-hybridized carbons (Fsp3) is 0.538. The number of hydrogen-bond acceptors (Lipinski definition) is 5. The Bertz CT molecular complexity index is 1250. The molecular formula is C26H30ClFN4O4. The van der Waals surface area contributed by atoms with Gasteiger partial charge in [-0.15, -0.1) is 0 Å². The SMILES string of the molecule is COc1c(Cl)cc(F)c2[nH]c(C(=O)C[C@@H](CC3CC3)C(=O)N[C@H](C#N)C[C@@H]3CC(C)(C)NC3=O)cc12. The molecule has 2 aliphatic rings. The summed E-state index contributed by atoms with van der Waals surface area (Å²) in [6.07, 6.45) is 3.20. The molecule has 1 saturated heterocycles. The van der Waals surface area contributed by atoms with E-state index in [0.29, 0.717) is 24.1 Å². The average molecular weight is 517 g/mol.